The summed E-state index contributed by atoms with van der Waals surface area (Å²) in [4.78, 5) is 17.9. The van der Waals surface area contributed by atoms with Crippen molar-refractivity contribution in [1.82, 2.24) is 15.3 Å². The SMILES string of the molecule is C[C@]12CCCN1C1=NNC(=O)c3cc(F)cc4[nH]c(c1c34)C2. The summed E-state index contributed by atoms with van der Waals surface area (Å²) < 4.78 is 13.8. The van der Waals surface area contributed by atoms with Gasteiger partial charge in [-0.1, -0.05) is 0 Å². The van der Waals surface area contributed by atoms with Gasteiger partial charge in [0.1, 0.15) is 5.82 Å². The summed E-state index contributed by atoms with van der Waals surface area (Å²) >= 11 is 0. The predicted octanol–water partition coefficient (Wildman–Crippen LogP) is 2.12. The molecule has 6 heteroatoms. The molecule has 0 saturated carbocycles. The summed E-state index contributed by atoms with van der Waals surface area (Å²) in [6.45, 7) is 3.17. The standard InChI is InChI=1S/C16H15FN4O/c1-16-3-2-4-21(16)14-13-11(7-16)18-10-6-8(17)5-9(12(10)13)15(22)20-19-14/h5-6,18H,2-4,7H2,1H3,(H,20,22)/t16-/m1/s1. The zero-order valence-corrected chi connectivity index (χ0v) is 12.2. The van der Waals surface area contributed by atoms with E-state index >= 15 is 0 Å². The number of halogens is 1. The Labute approximate surface area is 126 Å². The summed E-state index contributed by atoms with van der Waals surface area (Å²) in [5, 5.41) is 5.16. The number of amidine groups is 1. The van der Waals surface area contributed by atoms with Crippen molar-refractivity contribution < 1.29 is 9.18 Å². The number of H-pyrrole nitrogens is 1. The third kappa shape index (κ3) is 1.33. The normalized spacial score (nSPS) is 25.8. The molecule has 1 aromatic heterocycles. The topological polar surface area (TPSA) is 60.5 Å². The minimum Gasteiger partial charge on any atom is -0.358 e. The number of carbonyl (C=O) groups is 1. The highest BCUT2D eigenvalue weighted by atomic mass is 19.1. The van der Waals surface area contributed by atoms with Crippen molar-refractivity contribution >= 4 is 22.6 Å². The Morgan fingerprint density at radius 3 is 3.14 bits per heavy atom. The van der Waals surface area contributed by atoms with E-state index in [0.29, 0.717) is 11.1 Å². The molecule has 1 fully saturated rings. The van der Waals surface area contributed by atoms with Crippen LogP contribution in [0.2, 0.25) is 0 Å². The van der Waals surface area contributed by atoms with Crippen LogP contribution in [-0.2, 0) is 6.42 Å². The summed E-state index contributed by atoms with van der Waals surface area (Å²) in [6.07, 6.45) is 3.08. The van der Waals surface area contributed by atoms with Gasteiger partial charge in [-0.3, -0.25) is 4.79 Å². The zero-order chi connectivity index (χ0) is 15.1. The Hall–Kier alpha value is -2.37. The third-order valence-corrected chi connectivity index (χ3v) is 5.23. The molecule has 1 aromatic carbocycles. The summed E-state index contributed by atoms with van der Waals surface area (Å²) in [5.74, 6) is 0.0479. The first kappa shape index (κ1) is 12.2. The number of benzene rings is 1. The van der Waals surface area contributed by atoms with Crippen molar-refractivity contribution in [2.45, 2.75) is 31.7 Å². The fraction of sp³-hybridized carbons (Fsp3) is 0.375. The second-order valence-electron chi connectivity index (χ2n) is 6.66. The lowest BCUT2D eigenvalue weighted by molar-refractivity contribution is 0.0955. The summed E-state index contributed by atoms with van der Waals surface area (Å²) in [6, 6.07) is 2.75. The van der Waals surface area contributed by atoms with E-state index in [1.54, 1.807) is 0 Å². The van der Waals surface area contributed by atoms with Gasteiger partial charge in [0.25, 0.3) is 5.91 Å². The number of aromatic nitrogens is 1. The average Bonchev–Trinajstić information content (AvgIpc) is 2.96. The van der Waals surface area contributed by atoms with Crippen molar-refractivity contribution in [3.63, 3.8) is 0 Å². The predicted molar refractivity (Wildman–Crippen MR) is 80.3 cm³/mol. The molecule has 0 spiro atoms. The number of hydrazone groups is 1. The van der Waals surface area contributed by atoms with E-state index < -0.39 is 5.82 Å². The van der Waals surface area contributed by atoms with Crippen molar-refractivity contribution in [3.05, 3.63) is 34.8 Å². The Balaban J connectivity index is 1.91. The van der Waals surface area contributed by atoms with Gasteiger partial charge in [0.05, 0.1) is 11.1 Å². The largest absolute Gasteiger partial charge is 0.358 e. The van der Waals surface area contributed by atoms with E-state index in [1.807, 2.05) is 0 Å². The van der Waals surface area contributed by atoms with Crippen LogP contribution in [0.25, 0.3) is 10.9 Å². The van der Waals surface area contributed by atoms with Gasteiger partial charge in [-0.15, -0.1) is 0 Å². The maximum absolute atomic E-state index is 13.8. The van der Waals surface area contributed by atoms with Gasteiger partial charge < -0.3 is 9.88 Å². The number of hydrogen-bond donors (Lipinski definition) is 2. The van der Waals surface area contributed by atoms with Crippen LogP contribution in [0.4, 0.5) is 4.39 Å². The van der Waals surface area contributed by atoms with Gasteiger partial charge in [-0.05, 0) is 31.9 Å². The van der Waals surface area contributed by atoms with Gasteiger partial charge in [-0.25, -0.2) is 9.82 Å². The van der Waals surface area contributed by atoms with Crippen molar-refractivity contribution in [3.8, 4) is 0 Å². The molecule has 1 atom stereocenters. The average molecular weight is 298 g/mol. The van der Waals surface area contributed by atoms with Crippen LogP contribution < -0.4 is 5.43 Å². The second-order valence-corrected chi connectivity index (χ2v) is 6.66. The number of nitrogens with zero attached hydrogens (tertiary/aromatic N) is 2. The molecule has 2 aromatic rings. The zero-order valence-electron chi connectivity index (χ0n) is 12.2. The number of fused-ring (bicyclic) bond motifs is 2. The van der Waals surface area contributed by atoms with Crippen LogP contribution in [0.1, 0.15) is 41.4 Å². The van der Waals surface area contributed by atoms with Crippen molar-refractivity contribution in [2.75, 3.05) is 6.54 Å². The van der Waals surface area contributed by atoms with Gasteiger partial charge in [0.2, 0.25) is 0 Å². The molecule has 0 bridgehead atoms. The van der Waals surface area contributed by atoms with Crippen LogP contribution in [0.5, 0.6) is 0 Å². The molecule has 5 rings (SSSR count). The molecule has 0 unspecified atom stereocenters. The summed E-state index contributed by atoms with van der Waals surface area (Å²) in [7, 11) is 0. The van der Waals surface area contributed by atoms with Crippen LogP contribution >= 0.6 is 0 Å². The van der Waals surface area contributed by atoms with E-state index in [9.17, 15) is 9.18 Å². The molecule has 0 radical (unpaired) electrons. The Kier molecular flexibility index (Phi) is 2.04. The number of hydrogen-bond acceptors (Lipinski definition) is 3. The molecule has 22 heavy (non-hydrogen) atoms. The molecule has 1 saturated heterocycles. The fourth-order valence-corrected chi connectivity index (χ4v) is 4.27. The molecule has 0 aliphatic carbocycles. The van der Waals surface area contributed by atoms with E-state index in [-0.39, 0.29) is 11.4 Å². The van der Waals surface area contributed by atoms with E-state index in [1.165, 1.54) is 12.1 Å². The third-order valence-electron chi connectivity index (χ3n) is 5.23. The first-order chi connectivity index (χ1) is 10.6. The summed E-state index contributed by atoms with van der Waals surface area (Å²) in [5.41, 5.74) is 5.64. The van der Waals surface area contributed by atoms with Crippen LogP contribution in [0, 0.1) is 5.82 Å². The maximum Gasteiger partial charge on any atom is 0.272 e. The monoisotopic (exact) mass is 298 g/mol. The van der Waals surface area contributed by atoms with Crippen molar-refractivity contribution in [1.29, 1.82) is 0 Å². The highest BCUT2D eigenvalue weighted by Crippen LogP contribution is 2.42. The molecular weight excluding hydrogens is 283 g/mol. The number of carbonyl (C=O) groups excluding carboxylic acids is 1. The molecule has 1 amide bonds. The van der Waals surface area contributed by atoms with Gasteiger partial charge in [0.15, 0.2) is 5.84 Å². The molecular formula is C16H15FN4O. The number of nitrogens with one attached hydrogen (secondary N) is 2. The molecule has 3 aliphatic rings. The Morgan fingerprint density at radius 2 is 2.27 bits per heavy atom. The molecule has 4 heterocycles. The second kappa shape index (κ2) is 3.69. The van der Waals surface area contributed by atoms with Crippen LogP contribution in [0.3, 0.4) is 0 Å². The highest BCUT2D eigenvalue weighted by molar-refractivity contribution is 6.20. The Bertz CT molecular complexity index is 884. The minimum atomic E-state index is -0.411. The fourth-order valence-electron chi connectivity index (χ4n) is 4.27. The van der Waals surface area contributed by atoms with E-state index in [4.69, 9.17) is 0 Å². The van der Waals surface area contributed by atoms with Crippen LogP contribution in [-0.4, -0.2) is 33.7 Å². The number of rotatable bonds is 0. The lowest BCUT2D eigenvalue weighted by Crippen LogP contribution is -2.51. The number of amides is 1. The lowest BCUT2D eigenvalue weighted by Gasteiger charge is -2.41. The van der Waals surface area contributed by atoms with Gasteiger partial charge >= 0.3 is 0 Å². The number of aromatic amines is 1. The van der Waals surface area contributed by atoms with E-state index in [0.717, 1.165) is 48.3 Å². The highest BCUT2D eigenvalue weighted by Gasteiger charge is 2.46. The minimum absolute atomic E-state index is 0.0144. The van der Waals surface area contributed by atoms with Gasteiger partial charge in [-0.2, -0.15) is 5.10 Å². The molecule has 5 nitrogen and oxygen atoms in total. The van der Waals surface area contributed by atoms with E-state index in [2.05, 4.69) is 27.3 Å². The lowest BCUT2D eigenvalue weighted by atomic mass is 9.86. The smallest absolute Gasteiger partial charge is 0.272 e. The quantitative estimate of drug-likeness (QED) is 0.782. The maximum atomic E-state index is 13.8. The molecule has 112 valence electrons. The van der Waals surface area contributed by atoms with Crippen molar-refractivity contribution in [2.24, 2.45) is 5.10 Å². The first-order valence-electron chi connectivity index (χ1n) is 7.57. The van der Waals surface area contributed by atoms with Crippen LogP contribution in [0.15, 0.2) is 17.2 Å². The molecule has 2 N–H and O–H groups in total. The first-order valence-corrected chi connectivity index (χ1v) is 7.57. The van der Waals surface area contributed by atoms with Gasteiger partial charge in [0, 0.05) is 35.1 Å². The Morgan fingerprint density at radius 1 is 1.41 bits per heavy atom. The molecule has 3 aliphatic heterocycles.